The van der Waals surface area contributed by atoms with E-state index in [4.69, 9.17) is 32.7 Å². The summed E-state index contributed by atoms with van der Waals surface area (Å²) in [4.78, 5) is 0. The molecule has 1 N–H and O–H groups in total. The van der Waals surface area contributed by atoms with Crippen molar-refractivity contribution >= 4 is 60.7 Å². The van der Waals surface area contributed by atoms with Gasteiger partial charge in [0, 0.05) is 10.4 Å². The Hall–Kier alpha value is -1.73. The second kappa shape index (κ2) is 9.73. The molecule has 1 heterocycles. The maximum Gasteiger partial charge on any atom is 0.175 e. The minimum Gasteiger partial charge on any atom is -0.493 e. The molecule has 2 aliphatic rings. The molecular weight excluding hydrogens is 608 g/mol. The average molecular weight is 628 g/mol. The number of fused-ring (bicyclic) bond motifs is 3. The Balaban J connectivity index is 1.46. The van der Waals surface area contributed by atoms with E-state index in [2.05, 4.69) is 49.3 Å². The minimum absolute atomic E-state index is 0.0857. The van der Waals surface area contributed by atoms with Crippen molar-refractivity contribution in [3.05, 3.63) is 96.1 Å². The van der Waals surface area contributed by atoms with Crippen molar-refractivity contribution < 1.29 is 13.9 Å². The highest BCUT2D eigenvalue weighted by Gasteiger charge is 2.39. The van der Waals surface area contributed by atoms with Gasteiger partial charge in [0.25, 0.3) is 0 Å². The van der Waals surface area contributed by atoms with Gasteiger partial charge >= 0.3 is 0 Å². The van der Waals surface area contributed by atoms with E-state index in [9.17, 15) is 4.39 Å². The van der Waals surface area contributed by atoms with Crippen LogP contribution in [-0.4, -0.2) is 7.11 Å². The van der Waals surface area contributed by atoms with Gasteiger partial charge in [0.2, 0.25) is 0 Å². The number of halogens is 5. The first-order valence-electron chi connectivity index (χ1n) is 10.7. The van der Waals surface area contributed by atoms with Crippen LogP contribution in [0.1, 0.15) is 35.1 Å². The summed E-state index contributed by atoms with van der Waals surface area (Å²) in [6, 6.07) is 12.8. The molecule has 0 amide bonds. The highest BCUT2D eigenvalue weighted by molar-refractivity contribution is 9.10. The summed E-state index contributed by atoms with van der Waals surface area (Å²) < 4.78 is 28.2. The fourth-order valence-electron chi connectivity index (χ4n) is 4.80. The summed E-state index contributed by atoms with van der Waals surface area (Å²) in [6.45, 7) is 0.301. The van der Waals surface area contributed by atoms with E-state index in [1.807, 2.05) is 24.3 Å². The van der Waals surface area contributed by atoms with Crippen LogP contribution >= 0.6 is 55.1 Å². The van der Waals surface area contributed by atoms with E-state index < -0.39 is 0 Å². The Morgan fingerprint density at radius 3 is 2.68 bits per heavy atom. The lowest BCUT2D eigenvalue weighted by Crippen LogP contribution is -2.29. The summed E-state index contributed by atoms with van der Waals surface area (Å²) in [5.41, 5.74) is 3.42. The highest BCUT2D eigenvalue weighted by atomic mass is 79.9. The molecular formula is C26H20Br2Cl2FNO2. The summed E-state index contributed by atoms with van der Waals surface area (Å²) >= 11 is 19.2. The lowest BCUT2D eigenvalue weighted by Gasteiger charge is -2.38. The van der Waals surface area contributed by atoms with E-state index in [0.717, 1.165) is 32.1 Å². The Labute approximate surface area is 224 Å². The summed E-state index contributed by atoms with van der Waals surface area (Å²) in [5, 5.41) is 4.44. The summed E-state index contributed by atoms with van der Waals surface area (Å²) in [5.74, 6) is 1.32. The molecule has 0 unspecified atom stereocenters. The monoisotopic (exact) mass is 625 g/mol. The van der Waals surface area contributed by atoms with E-state index >= 15 is 0 Å². The maximum absolute atomic E-state index is 14.9. The molecule has 1 aliphatic carbocycles. The van der Waals surface area contributed by atoms with Crippen molar-refractivity contribution in [2.75, 3.05) is 12.4 Å². The number of hydrogen-bond acceptors (Lipinski definition) is 3. The standard InChI is InChI=1S/C26H20Br2Cl2FNO2/c1-33-23-9-14(8-19(28)26(23)34-12-13-5-6-20(29)21(30)7-13)24-17-4-2-3-16(17)18-10-15(27)11-22(31)25(18)32-24/h2-3,5-11,16-17,24,32H,4,12H2,1H3/t16-,17-,24-/m0/s1. The summed E-state index contributed by atoms with van der Waals surface area (Å²) in [6.07, 6.45) is 5.27. The molecule has 0 bridgehead atoms. The van der Waals surface area contributed by atoms with E-state index in [1.165, 1.54) is 6.07 Å². The minimum atomic E-state index is -0.263. The van der Waals surface area contributed by atoms with E-state index in [0.29, 0.717) is 33.8 Å². The predicted octanol–water partition coefficient (Wildman–Crippen LogP) is 9.07. The van der Waals surface area contributed by atoms with Crippen LogP contribution in [0.2, 0.25) is 10.0 Å². The van der Waals surface area contributed by atoms with Crippen LogP contribution in [0.3, 0.4) is 0 Å². The first-order valence-corrected chi connectivity index (χ1v) is 13.1. The molecule has 0 spiro atoms. The van der Waals surface area contributed by atoms with Gasteiger partial charge in [-0.1, -0.05) is 57.4 Å². The number of nitrogens with one attached hydrogen (secondary N) is 1. The van der Waals surface area contributed by atoms with Gasteiger partial charge in [-0.3, -0.25) is 0 Å². The van der Waals surface area contributed by atoms with Crippen molar-refractivity contribution in [2.24, 2.45) is 5.92 Å². The molecule has 3 nitrogen and oxygen atoms in total. The third kappa shape index (κ3) is 4.46. The van der Waals surface area contributed by atoms with E-state index in [-0.39, 0.29) is 23.7 Å². The zero-order valence-corrected chi connectivity index (χ0v) is 22.7. The second-order valence-electron chi connectivity index (χ2n) is 8.40. The van der Waals surface area contributed by atoms with Gasteiger partial charge in [0.15, 0.2) is 11.5 Å². The fourth-order valence-corrected chi connectivity index (χ4v) is 6.14. The van der Waals surface area contributed by atoms with Crippen molar-refractivity contribution in [1.82, 2.24) is 0 Å². The van der Waals surface area contributed by atoms with Crippen molar-refractivity contribution in [1.29, 1.82) is 0 Å². The molecule has 0 aromatic heterocycles. The lowest BCUT2D eigenvalue weighted by molar-refractivity contribution is 0.282. The SMILES string of the molecule is COc1cc([C@@H]2Nc3c(F)cc(Br)cc3[C@H]3C=CC[C@@H]32)cc(Br)c1OCc1ccc(Cl)c(Cl)c1. The molecule has 176 valence electrons. The van der Waals surface area contributed by atoms with Crippen LogP contribution < -0.4 is 14.8 Å². The van der Waals surface area contributed by atoms with E-state index in [1.54, 1.807) is 19.2 Å². The molecule has 0 saturated heterocycles. The largest absolute Gasteiger partial charge is 0.493 e. The highest BCUT2D eigenvalue weighted by Crippen LogP contribution is 2.52. The lowest BCUT2D eigenvalue weighted by atomic mass is 9.77. The van der Waals surface area contributed by atoms with Crippen LogP contribution in [0.15, 0.2) is 63.6 Å². The Bertz CT molecular complexity index is 1300. The van der Waals surface area contributed by atoms with Crippen molar-refractivity contribution in [3.63, 3.8) is 0 Å². The van der Waals surface area contributed by atoms with Gasteiger partial charge in [-0.2, -0.15) is 0 Å². The van der Waals surface area contributed by atoms with Crippen LogP contribution in [0.4, 0.5) is 10.1 Å². The zero-order chi connectivity index (χ0) is 24.0. The molecule has 0 fully saturated rings. The molecule has 3 aromatic rings. The van der Waals surface area contributed by atoms with Crippen LogP contribution in [0.5, 0.6) is 11.5 Å². The Morgan fingerprint density at radius 1 is 1.09 bits per heavy atom. The van der Waals surface area contributed by atoms with Gasteiger partial charge in [0.05, 0.1) is 33.4 Å². The number of allylic oxidation sites excluding steroid dienone is 2. The third-order valence-corrected chi connectivity index (χ3v) is 8.15. The zero-order valence-electron chi connectivity index (χ0n) is 18.0. The maximum atomic E-state index is 14.9. The van der Waals surface area contributed by atoms with Gasteiger partial charge in [0.1, 0.15) is 12.4 Å². The number of rotatable bonds is 5. The molecule has 0 radical (unpaired) electrons. The normalized spacial score (nSPS) is 20.5. The quantitative estimate of drug-likeness (QED) is 0.286. The molecule has 8 heteroatoms. The van der Waals surface area contributed by atoms with Crippen LogP contribution in [0.25, 0.3) is 0 Å². The molecule has 3 aromatic carbocycles. The smallest absolute Gasteiger partial charge is 0.175 e. The van der Waals surface area contributed by atoms with Crippen molar-refractivity contribution in [3.8, 4) is 11.5 Å². The number of anilines is 1. The first-order chi connectivity index (χ1) is 16.4. The van der Waals surface area contributed by atoms with Gasteiger partial charge in [-0.15, -0.1) is 0 Å². The second-order valence-corrected chi connectivity index (χ2v) is 11.0. The van der Waals surface area contributed by atoms with Crippen LogP contribution in [0, 0.1) is 11.7 Å². The molecule has 5 rings (SSSR count). The average Bonchev–Trinajstić information content (AvgIpc) is 3.30. The summed E-state index contributed by atoms with van der Waals surface area (Å²) in [7, 11) is 1.61. The van der Waals surface area contributed by atoms with Crippen LogP contribution in [-0.2, 0) is 6.61 Å². The first kappa shape index (κ1) is 24.0. The number of ether oxygens (including phenoxy) is 2. The molecule has 34 heavy (non-hydrogen) atoms. The molecule has 1 aliphatic heterocycles. The van der Waals surface area contributed by atoms with Gasteiger partial charge in [-0.05, 0) is 81.4 Å². The van der Waals surface area contributed by atoms with Gasteiger partial charge < -0.3 is 14.8 Å². The predicted molar refractivity (Wildman–Crippen MR) is 142 cm³/mol. The molecule has 0 saturated carbocycles. The third-order valence-electron chi connectivity index (χ3n) is 6.36. The van der Waals surface area contributed by atoms with Gasteiger partial charge in [-0.25, -0.2) is 4.39 Å². The number of methoxy groups -OCH3 is 1. The topological polar surface area (TPSA) is 30.5 Å². The fraction of sp³-hybridized carbons (Fsp3) is 0.231. The van der Waals surface area contributed by atoms with Crippen molar-refractivity contribution in [2.45, 2.75) is 25.0 Å². The molecule has 3 atom stereocenters. The Kier molecular flexibility index (Phi) is 6.86. The Morgan fingerprint density at radius 2 is 1.91 bits per heavy atom. The number of benzene rings is 3. The number of hydrogen-bond donors (Lipinski definition) is 1.